The highest BCUT2D eigenvalue weighted by Crippen LogP contribution is 2.47. The molecule has 23 heteroatoms. The van der Waals surface area contributed by atoms with Gasteiger partial charge in [0.1, 0.15) is 51.6 Å². The number of nitrogens with zero attached hydrogens (tertiary/aromatic N) is 4. The quantitative estimate of drug-likeness (QED) is 0.0439. The molecule has 5 N–H and O–H groups in total. The van der Waals surface area contributed by atoms with Crippen molar-refractivity contribution < 1.29 is 57.2 Å². The molecule has 78 heavy (non-hydrogen) atoms. The summed E-state index contributed by atoms with van der Waals surface area (Å²) in [4.78, 5) is 92.2. The largest absolute Gasteiger partial charge is 0.497 e. The third-order valence-corrected chi connectivity index (χ3v) is 15.7. The number of hydrogen-bond acceptors (Lipinski definition) is 19. The lowest BCUT2D eigenvalue weighted by atomic mass is 10.1. The number of benzene rings is 2. The van der Waals surface area contributed by atoms with Gasteiger partial charge in [-0.15, -0.1) is 35.8 Å². The number of fused-ring (bicyclic) bond motifs is 2. The number of hydrogen-bond donors (Lipinski definition) is 5. The summed E-state index contributed by atoms with van der Waals surface area (Å²) < 4.78 is 33.5. The molecule has 4 aromatic heterocycles. The summed E-state index contributed by atoms with van der Waals surface area (Å²) in [5.74, 6) is 0.169. The first-order valence-corrected chi connectivity index (χ1v) is 26.9. The van der Waals surface area contributed by atoms with Gasteiger partial charge in [-0.25, -0.2) is 29.5 Å². The molecule has 0 bridgehead atoms. The van der Waals surface area contributed by atoms with Crippen molar-refractivity contribution in [2.75, 3.05) is 45.6 Å². The van der Waals surface area contributed by atoms with Crippen LogP contribution in [0.15, 0.2) is 84.6 Å². The Kier molecular flexibility index (Phi) is 16.1. The van der Waals surface area contributed by atoms with Crippen LogP contribution >= 0.6 is 22.7 Å². The molecule has 1 saturated heterocycles. The maximum Gasteiger partial charge on any atom is 0.332 e. The normalized spacial score (nSPS) is 23.6. The molecule has 408 valence electrons. The molecule has 3 aliphatic carbocycles. The average molecular weight is 1100 g/mol. The number of nitrogens with one attached hydrogen (secondary N) is 5. The smallest absolute Gasteiger partial charge is 0.332 e. The van der Waals surface area contributed by atoms with E-state index >= 15 is 0 Å². The van der Waals surface area contributed by atoms with E-state index in [0.717, 1.165) is 10.8 Å². The maximum atomic E-state index is 13.1. The fourth-order valence-corrected chi connectivity index (χ4v) is 11.4. The summed E-state index contributed by atoms with van der Waals surface area (Å²) in [7, 11) is 5.81. The minimum Gasteiger partial charge on any atom is -0.497 e. The minimum absolute atomic E-state index is 0.127. The van der Waals surface area contributed by atoms with E-state index in [1.54, 1.807) is 32.4 Å². The fourth-order valence-electron chi connectivity index (χ4n) is 9.90. The van der Waals surface area contributed by atoms with Crippen LogP contribution in [0.5, 0.6) is 23.0 Å². The standard InChI is InChI=1S/C28H30N4O6S.C27H29N5O6S/c1-5-17-13-28(17,26(35)37-4)32-25(34)16-6-7-19(10-16)38-24-12-22(23-14-39-27(31-23)29-15(2)33)30-21-11-18(36-3)8-9-20(21)24;1-5-15-11-27(15,25(35)37-4)32-24(34)21-9-17(12-28-21)38-23-10-20(22-13-39-26(31-22)29-14(2)33)30-19-8-16(36-3)6-7-18(19)23/h5,8-9,11-12,14,16-17,19H,1,6-7,10,13H2,2-4H3,(H,32,34)(H,29,31,33);5-8,10,13,15,17,21,28H,1,9,11-12H2,2-4H3,(H,32,34)(H,29,31,33)/t16-,17-,19?,28+;15-,17?,21-,27+/m00/s1. The van der Waals surface area contributed by atoms with Gasteiger partial charge < -0.3 is 55.0 Å². The molecule has 3 saturated carbocycles. The molecule has 4 aliphatic rings. The van der Waals surface area contributed by atoms with Crippen LogP contribution in [-0.2, 0) is 38.2 Å². The highest BCUT2D eigenvalue weighted by atomic mass is 32.1. The molecule has 10 rings (SSSR count). The van der Waals surface area contributed by atoms with Gasteiger partial charge >= 0.3 is 11.9 Å². The van der Waals surface area contributed by atoms with Crippen LogP contribution in [0.25, 0.3) is 44.6 Å². The molecule has 1 aliphatic heterocycles. The molecule has 0 spiro atoms. The molecule has 6 aromatic rings. The zero-order chi connectivity index (χ0) is 55.5. The second-order valence-electron chi connectivity index (χ2n) is 19.4. The van der Waals surface area contributed by atoms with Crippen LogP contribution in [0.3, 0.4) is 0 Å². The number of pyridine rings is 2. The Labute approximate surface area is 456 Å². The SMILES string of the molecule is C=C[C@H]1C[C@]1(NC(=O)[C@@H]1CC(Oc2cc(-c3csc(NC(C)=O)n3)nc3cc(OC)ccc23)CN1)C(=O)OC.C=C[C@H]1C[C@]1(NC(=O)[C@H]1CCC(Oc2cc(-c3csc(NC(C)=O)n3)nc3cc(OC)ccc23)C1)C(=O)OC. The summed E-state index contributed by atoms with van der Waals surface area (Å²) in [5.41, 5.74) is 1.63. The molecule has 2 unspecified atom stereocenters. The Bertz CT molecular complexity index is 3130. The fraction of sp³-hybridized carbons (Fsp3) is 0.382. The topological polar surface area (TPSA) is 270 Å². The molecule has 5 heterocycles. The highest BCUT2D eigenvalue weighted by Gasteiger charge is 2.62. The second kappa shape index (κ2) is 22.9. The second-order valence-corrected chi connectivity index (χ2v) is 21.1. The summed E-state index contributed by atoms with van der Waals surface area (Å²) in [6, 6.07) is 14.2. The average Bonchev–Trinajstić information content (AvgIpc) is 3.84. The lowest BCUT2D eigenvalue weighted by Gasteiger charge is -2.20. The number of rotatable bonds is 18. The Morgan fingerprint density at radius 2 is 1.12 bits per heavy atom. The van der Waals surface area contributed by atoms with E-state index < -0.39 is 29.1 Å². The first-order valence-electron chi connectivity index (χ1n) is 25.1. The number of ether oxygens (including phenoxy) is 6. The Morgan fingerprint density at radius 1 is 0.628 bits per heavy atom. The van der Waals surface area contributed by atoms with Gasteiger partial charge in [-0.3, -0.25) is 19.2 Å². The molecular formula is C55H59N9O12S2. The first-order chi connectivity index (χ1) is 37.5. The van der Waals surface area contributed by atoms with Crippen molar-refractivity contribution in [2.45, 2.75) is 81.7 Å². The summed E-state index contributed by atoms with van der Waals surface area (Å²) in [5, 5.41) is 20.6. The van der Waals surface area contributed by atoms with E-state index in [-0.39, 0.29) is 53.6 Å². The van der Waals surface area contributed by atoms with Gasteiger partial charge in [0.2, 0.25) is 23.6 Å². The van der Waals surface area contributed by atoms with E-state index in [0.29, 0.717) is 112 Å². The van der Waals surface area contributed by atoms with Crippen molar-refractivity contribution in [1.82, 2.24) is 35.9 Å². The van der Waals surface area contributed by atoms with E-state index in [1.807, 2.05) is 53.2 Å². The lowest BCUT2D eigenvalue weighted by molar-refractivity contribution is -0.147. The van der Waals surface area contributed by atoms with Gasteiger partial charge in [0.05, 0.1) is 63.0 Å². The molecule has 4 amide bonds. The van der Waals surface area contributed by atoms with E-state index in [9.17, 15) is 28.8 Å². The molecule has 8 atom stereocenters. The van der Waals surface area contributed by atoms with Gasteiger partial charge in [0.25, 0.3) is 0 Å². The van der Waals surface area contributed by atoms with Crippen molar-refractivity contribution in [1.29, 1.82) is 0 Å². The number of esters is 2. The number of aromatic nitrogens is 4. The van der Waals surface area contributed by atoms with E-state index in [2.05, 4.69) is 49.7 Å². The Hall–Kier alpha value is -8.02. The van der Waals surface area contributed by atoms with Crippen LogP contribution in [0.2, 0.25) is 0 Å². The van der Waals surface area contributed by atoms with Gasteiger partial charge in [-0.05, 0) is 56.4 Å². The minimum atomic E-state index is -1.05. The number of carbonyl (C=O) groups excluding carboxylic acids is 6. The first kappa shape index (κ1) is 54.8. The van der Waals surface area contributed by atoms with Crippen molar-refractivity contribution in [3.05, 3.63) is 84.6 Å². The van der Waals surface area contributed by atoms with Crippen LogP contribution in [-0.4, -0.2) is 120 Å². The predicted molar refractivity (Wildman–Crippen MR) is 292 cm³/mol. The van der Waals surface area contributed by atoms with Crippen molar-refractivity contribution in [2.24, 2.45) is 17.8 Å². The van der Waals surface area contributed by atoms with Crippen LogP contribution < -0.4 is 45.5 Å². The number of anilines is 2. The number of thiazole rings is 2. The number of amides is 4. The van der Waals surface area contributed by atoms with E-state index in [4.69, 9.17) is 38.4 Å². The van der Waals surface area contributed by atoms with Crippen LogP contribution in [0, 0.1) is 17.8 Å². The Balaban J connectivity index is 0.000000190. The number of methoxy groups -OCH3 is 4. The van der Waals surface area contributed by atoms with Crippen LogP contribution in [0.4, 0.5) is 10.3 Å². The molecule has 2 aromatic carbocycles. The summed E-state index contributed by atoms with van der Waals surface area (Å²) in [6.45, 7) is 10.8. The summed E-state index contributed by atoms with van der Waals surface area (Å²) in [6.07, 6.45) is 6.05. The third-order valence-electron chi connectivity index (χ3n) is 14.2. The van der Waals surface area contributed by atoms with Crippen LogP contribution in [0.1, 0.15) is 52.4 Å². The van der Waals surface area contributed by atoms with Gasteiger partial charge in [-0.1, -0.05) is 12.2 Å². The molecule has 0 radical (unpaired) electrons. The van der Waals surface area contributed by atoms with Crippen molar-refractivity contribution in [3.8, 4) is 45.8 Å². The molecule has 21 nitrogen and oxygen atoms in total. The monoisotopic (exact) mass is 1100 g/mol. The van der Waals surface area contributed by atoms with Crippen molar-refractivity contribution in [3.63, 3.8) is 0 Å². The Morgan fingerprint density at radius 3 is 1.56 bits per heavy atom. The summed E-state index contributed by atoms with van der Waals surface area (Å²) >= 11 is 2.61. The lowest BCUT2D eigenvalue weighted by Crippen LogP contribution is -2.51. The zero-order valence-electron chi connectivity index (χ0n) is 43.8. The van der Waals surface area contributed by atoms with Gasteiger partial charge in [0, 0.05) is 90.4 Å². The zero-order valence-corrected chi connectivity index (χ0v) is 45.4. The van der Waals surface area contributed by atoms with Crippen molar-refractivity contribution >= 4 is 90.3 Å². The van der Waals surface area contributed by atoms with Gasteiger partial charge in [0.15, 0.2) is 10.3 Å². The van der Waals surface area contributed by atoms with Gasteiger partial charge in [-0.2, -0.15) is 0 Å². The number of carbonyl (C=O) groups is 6. The molecule has 4 fully saturated rings. The van der Waals surface area contributed by atoms with E-state index in [1.165, 1.54) is 50.7 Å². The predicted octanol–water partition coefficient (Wildman–Crippen LogP) is 6.78. The third kappa shape index (κ3) is 11.6. The highest BCUT2D eigenvalue weighted by molar-refractivity contribution is 7.14. The molecular weight excluding hydrogens is 1040 g/mol. The maximum absolute atomic E-state index is 13.1.